The van der Waals surface area contributed by atoms with E-state index in [1.165, 1.54) is 36.8 Å². The Kier molecular flexibility index (Phi) is 7.14. The van der Waals surface area contributed by atoms with Crippen molar-refractivity contribution in [2.75, 3.05) is 11.4 Å². The van der Waals surface area contributed by atoms with E-state index in [9.17, 15) is 9.59 Å². The molecule has 0 bridgehead atoms. The van der Waals surface area contributed by atoms with Crippen LogP contribution in [0.3, 0.4) is 0 Å². The maximum Gasteiger partial charge on any atom is 0.406 e. The number of ketones is 1. The standard InChI is InChI=1S/C23H28NO3.Y/c1-15-12-20(24-14-21(27-23(24)26)10-6-16(2)25)9-11-22(15)19-8-7-17-4-3-5-18(17)13-19;/h9,12-13,17-18,21H,3-8,10,14H2,1-2H3;/q-1;/t17?,18?,21-;/m0./s1. The third kappa shape index (κ3) is 4.59. The molecule has 2 aliphatic carbocycles. The fourth-order valence-electron chi connectivity index (χ4n) is 4.88. The van der Waals surface area contributed by atoms with Gasteiger partial charge in [0.1, 0.15) is 11.9 Å². The number of fused-ring (bicyclic) bond motifs is 1. The predicted molar refractivity (Wildman–Crippen MR) is 106 cm³/mol. The van der Waals surface area contributed by atoms with E-state index in [0.717, 1.165) is 29.5 Å². The summed E-state index contributed by atoms with van der Waals surface area (Å²) in [4.78, 5) is 25.1. The molecular formula is C23H28NO3Y-. The number of Topliss-reactive ketones (excluding diaryl/α,β-unsaturated/α-hetero) is 1. The summed E-state index contributed by atoms with van der Waals surface area (Å²) in [6.07, 6.45) is 9.50. The zero-order valence-electron chi connectivity index (χ0n) is 16.9. The molecule has 1 saturated heterocycles. The van der Waals surface area contributed by atoms with Crippen LogP contribution in [0, 0.1) is 24.8 Å². The molecular weight excluding hydrogens is 427 g/mol. The third-order valence-electron chi connectivity index (χ3n) is 6.37. The molecule has 0 N–H and O–H groups in total. The molecule has 1 heterocycles. The molecule has 2 unspecified atom stereocenters. The summed E-state index contributed by atoms with van der Waals surface area (Å²) in [5, 5.41) is 0. The Bertz CT molecular complexity index is 788. The first kappa shape index (κ1) is 21.7. The normalized spacial score (nSPS) is 26.4. The molecule has 0 spiro atoms. The van der Waals surface area contributed by atoms with Gasteiger partial charge in [-0.1, -0.05) is 26.2 Å². The molecule has 1 aromatic carbocycles. The molecule has 2 fully saturated rings. The monoisotopic (exact) mass is 455 g/mol. The number of amides is 1. The van der Waals surface area contributed by atoms with Crippen molar-refractivity contribution < 1.29 is 47.0 Å². The number of nitrogens with zero attached hydrogens (tertiary/aromatic N) is 1. The van der Waals surface area contributed by atoms with E-state index in [4.69, 9.17) is 4.74 Å². The first-order valence-corrected chi connectivity index (χ1v) is 10.2. The van der Waals surface area contributed by atoms with Crippen LogP contribution >= 0.6 is 0 Å². The number of hydrogen-bond acceptors (Lipinski definition) is 3. The van der Waals surface area contributed by atoms with Crippen LogP contribution in [0.5, 0.6) is 0 Å². The minimum Gasteiger partial charge on any atom is -0.444 e. The zero-order chi connectivity index (χ0) is 19.0. The van der Waals surface area contributed by atoms with Crippen LogP contribution in [0.2, 0.25) is 0 Å². The largest absolute Gasteiger partial charge is 0.444 e. The summed E-state index contributed by atoms with van der Waals surface area (Å²) < 4.78 is 5.42. The fourth-order valence-corrected chi connectivity index (χ4v) is 4.88. The van der Waals surface area contributed by atoms with E-state index in [1.807, 2.05) is 6.07 Å². The fraction of sp³-hybridized carbons (Fsp3) is 0.565. The summed E-state index contributed by atoms with van der Waals surface area (Å²) in [6.45, 7) is 4.18. The molecule has 1 aromatic rings. The molecule has 28 heavy (non-hydrogen) atoms. The summed E-state index contributed by atoms with van der Waals surface area (Å²) >= 11 is 0. The molecule has 4 rings (SSSR count). The maximum absolute atomic E-state index is 12.2. The van der Waals surface area contributed by atoms with E-state index in [2.05, 4.69) is 25.1 Å². The Hall–Kier alpha value is -0.996. The number of allylic oxidation sites excluding steroid dienone is 2. The Morgan fingerprint density at radius 2 is 2.14 bits per heavy atom. The number of carbonyl (C=O) groups excluding carboxylic acids is 2. The number of hydrogen-bond donors (Lipinski definition) is 0. The van der Waals surface area contributed by atoms with Gasteiger partial charge in [-0.05, 0) is 43.7 Å². The molecule has 0 aromatic heterocycles. The van der Waals surface area contributed by atoms with Gasteiger partial charge in [0.05, 0.1) is 6.54 Å². The van der Waals surface area contributed by atoms with Crippen LogP contribution in [0.15, 0.2) is 18.2 Å². The van der Waals surface area contributed by atoms with E-state index in [1.54, 1.807) is 11.8 Å². The second kappa shape index (κ2) is 9.21. The predicted octanol–water partition coefficient (Wildman–Crippen LogP) is 5.08. The van der Waals surface area contributed by atoms with Gasteiger partial charge in [-0.25, -0.2) is 4.79 Å². The number of benzene rings is 1. The molecule has 147 valence electrons. The molecule has 1 amide bonds. The second-order valence-corrected chi connectivity index (χ2v) is 8.36. The second-order valence-electron chi connectivity index (χ2n) is 8.36. The first-order chi connectivity index (χ1) is 13.0. The molecule has 4 nitrogen and oxygen atoms in total. The van der Waals surface area contributed by atoms with E-state index < -0.39 is 0 Å². The quantitative estimate of drug-likeness (QED) is 0.582. The number of rotatable bonds is 5. The molecule has 3 atom stereocenters. The molecule has 1 saturated carbocycles. The van der Waals surface area contributed by atoms with Crippen molar-refractivity contribution in [1.29, 1.82) is 0 Å². The van der Waals surface area contributed by atoms with Crippen molar-refractivity contribution in [1.82, 2.24) is 0 Å². The third-order valence-corrected chi connectivity index (χ3v) is 6.37. The topological polar surface area (TPSA) is 46.6 Å². The number of anilines is 1. The van der Waals surface area contributed by atoms with Gasteiger partial charge in [0, 0.05) is 39.1 Å². The minimum absolute atomic E-state index is 0. The Morgan fingerprint density at radius 3 is 2.89 bits per heavy atom. The van der Waals surface area contributed by atoms with Crippen molar-refractivity contribution in [3.05, 3.63) is 35.4 Å². The average molecular weight is 455 g/mol. The van der Waals surface area contributed by atoms with Crippen LogP contribution in [0.1, 0.15) is 63.0 Å². The summed E-state index contributed by atoms with van der Waals surface area (Å²) in [5.41, 5.74) is 4.62. The van der Waals surface area contributed by atoms with Gasteiger partial charge in [-0.3, -0.25) is 0 Å². The molecule has 5 heteroatoms. The van der Waals surface area contributed by atoms with Crippen LogP contribution in [-0.4, -0.2) is 24.5 Å². The average Bonchev–Trinajstić information content (AvgIpc) is 3.25. The SMILES string of the molecule is CC(=O)CC[C@H]1CN(c2c[c-]c(C3=CC4CCCC4CC3)c(C)c2)C(=O)O1.[Y]. The maximum atomic E-state index is 12.2. The van der Waals surface area contributed by atoms with Crippen LogP contribution in [0.4, 0.5) is 10.5 Å². The van der Waals surface area contributed by atoms with Crippen molar-refractivity contribution >= 4 is 23.1 Å². The first-order valence-electron chi connectivity index (χ1n) is 10.2. The van der Waals surface area contributed by atoms with Gasteiger partial charge < -0.3 is 14.4 Å². The molecule has 1 aliphatic heterocycles. The Morgan fingerprint density at radius 1 is 1.32 bits per heavy atom. The van der Waals surface area contributed by atoms with E-state index in [0.29, 0.717) is 19.4 Å². The van der Waals surface area contributed by atoms with Crippen molar-refractivity contribution in [2.24, 2.45) is 11.8 Å². The zero-order valence-corrected chi connectivity index (χ0v) is 19.7. The molecule has 3 aliphatic rings. The number of cyclic esters (lactones) is 1. The van der Waals surface area contributed by atoms with Gasteiger partial charge in [0.25, 0.3) is 0 Å². The van der Waals surface area contributed by atoms with Gasteiger partial charge in [-0.15, -0.1) is 41.0 Å². The van der Waals surface area contributed by atoms with Gasteiger partial charge in [0.2, 0.25) is 0 Å². The van der Waals surface area contributed by atoms with Crippen molar-refractivity contribution in [3.8, 4) is 0 Å². The van der Waals surface area contributed by atoms with Crippen molar-refractivity contribution in [2.45, 2.75) is 64.9 Å². The smallest absolute Gasteiger partial charge is 0.406 e. The summed E-state index contributed by atoms with van der Waals surface area (Å²) in [6, 6.07) is 7.43. The Labute approximate surface area is 193 Å². The van der Waals surface area contributed by atoms with Gasteiger partial charge in [0.15, 0.2) is 0 Å². The number of ether oxygens (including phenoxy) is 1. The van der Waals surface area contributed by atoms with E-state index >= 15 is 0 Å². The van der Waals surface area contributed by atoms with Crippen LogP contribution in [0.25, 0.3) is 5.57 Å². The van der Waals surface area contributed by atoms with Crippen LogP contribution in [-0.2, 0) is 42.2 Å². The summed E-state index contributed by atoms with van der Waals surface area (Å²) in [5.74, 6) is 1.76. The number of carbonyl (C=O) groups is 2. The van der Waals surface area contributed by atoms with Crippen molar-refractivity contribution in [3.63, 3.8) is 0 Å². The summed E-state index contributed by atoms with van der Waals surface area (Å²) in [7, 11) is 0. The van der Waals surface area contributed by atoms with Gasteiger partial charge >= 0.3 is 6.09 Å². The molecule has 1 radical (unpaired) electrons. The van der Waals surface area contributed by atoms with Crippen LogP contribution < -0.4 is 4.90 Å². The van der Waals surface area contributed by atoms with E-state index in [-0.39, 0.29) is 50.7 Å². The Balaban J connectivity index is 0.00000225. The minimum atomic E-state index is -0.324. The van der Waals surface area contributed by atoms with Gasteiger partial charge in [-0.2, -0.15) is 0 Å². The number of aryl methyl sites for hydroxylation is 1.